The molecule has 1 aliphatic heterocycles. The third-order valence-corrected chi connectivity index (χ3v) is 3.50. The molecule has 1 saturated heterocycles. The van der Waals surface area contributed by atoms with E-state index in [9.17, 15) is 4.79 Å². The molecule has 1 amide bonds. The number of carbonyl (C=O) groups excluding carboxylic acids is 1. The Morgan fingerprint density at radius 2 is 2.10 bits per heavy atom. The highest BCUT2D eigenvalue weighted by Gasteiger charge is 2.24. The summed E-state index contributed by atoms with van der Waals surface area (Å²) in [6.07, 6.45) is 2.27. The zero-order chi connectivity index (χ0) is 15.6. The largest absolute Gasteiger partial charge is 0.365 e. The van der Waals surface area contributed by atoms with Gasteiger partial charge in [0.15, 0.2) is 0 Å². The minimum atomic E-state index is -0.0965. The summed E-state index contributed by atoms with van der Waals surface area (Å²) in [5, 5.41) is 3.31. The predicted octanol–water partition coefficient (Wildman–Crippen LogP) is 2.87. The van der Waals surface area contributed by atoms with Crippen LogP contribution in [-0.4, -0.2) is 39.4 Å². The lowest BCUT2D eigenvalue weighted by atomic mass is 10.00. The molecule has 0 bridgehead atoms. The van der Waals surface area contributed by atoms with Gasteiger partial charge in [-0.25, -0.2) is 9.97 Å². The fourth-order valence-corrected chi connectivity index (χ4v) is 2.66. The summed E-state index contributed by atoms with van der Waals surface area (Å²) in [6.45, 7) is 11.9. The van der Waals surface area contributed by atoms with Crippen LogP contribution in [0, 0.1) is 12.8 Å². The quantitative estimate of drug-likeness (QED) is 0.910. The first kappa shape index (κ1) is 15.7. The van der Waals surface area contributed by atoms with E-state index in [4.69, 9.17) is 0 Å². The highest BCUT2D eigenvalue weighted by molar-refractivity contribution is 5.93. The fraction of sp³-hybridized carbons (Fsp3) is 0.688. The van der Waals surface area contributed by atoms with Crippen LogP contribution < -0.4 is 5.32 Å². The van der Waals surface area contributed by atoms with Gasteiger partial charge in [0.2, 0.25) is 0 Å². The van der Waals surface area contributed by atoms with E-state index in [1.165, 1.54) is 6.42 Å². The molecule has 1 aliphatic rings. The van der Waals surface area contributed by atoms with Gasteiger partial charge in [0.1, 0.15) is 17.3 Å². The van der Waals surface area contributed by atoms with Crippen molar-refractivity contribution in [3.05, 3.63) is 17.6 Å². The molecule has 1 unspecified atom stereocenters. The lowest BCUT2D eigenvalue weighted by Gasteiger charge is -2.30. The first-order chi connectivity index (χ1) is 9.74. The second-order valence-electron chi connectivity index (χ2n) is 7.06. The number of anilines is 1. The molecule has 2 rings (SSSR count). The predicted molar refractivity (Wildman–Crippen MR) is 84.4 cm³/mol. The van der Waals surface area contributed by atoms with Gasteiger partial charge in [-0.05, 0) is 46.5 Å². The van der Waals surface area contributed by atoms with Gasteiger partial charge in [0.25, 0.3) is 5.91 Å². The van der Waals surface area contributed by atoms with Crippen molar-refractivity contribution >= 4 is 11.7 Å². The molecule has 0 radical (unpaired) electrons. The Labute approximate surface area is 127 Å². The maximum atomic E-state index is 12.6. The highest BCUT2D eigenvalue weighted by atomic mass is 16.2. The standard InChI is InChI=1S/C16H26N4O/c1-11-7-6-8-20(10-11)15(21)13-9-14(18-12(2)17-13)19-16(3,4)5/h9,11H,6-8,10H2,1-5H3,(H,17,18,19). The van der Waals surface area contributed by atoms with Crippen LogP contribution in [0.4, 0.5) is 5.82 Å². The van der Waals surface area contributed by atoms with E-state index in [1.807, 2.05) is 11.8 Å². The third-order valence-electron chi connectivity index (χ3n) is 3.50. The molecule has 116 valence electrons. The molecule has 2 heterocycles. The smallest absolute Gasteiger partial charge is 0.272 e. The number of piperidine rings is 1. The van der Waals surface area contributed by atoms with Gasteiger partial charge in [0.05, 0.1) is 0 Å². The number of rotatable bonds is 2. The summed E-state index contributed by atoms with van der Waals surface area (Å²) < 4.78 is 0. The topological polar surface area (TPSA) is 58.1 Å². The van der Waals surface area contributed by atoms with Gasteiger partial charge in [0, 0.05) is 24.7 Å². The molecule has 1 N–H and O–H groups in total. The number of nitrogens with one attached hydrogen (secondary N) is 1. The number of hydrogen-bond donors (Lipinski definition) is 1. The molecule has 1 atom stereocenters. The van der Waals surface area contributed by atoms with Gasteiger partial charge in [-0.2, -0.15) is 0 Å². The molecule has 0 aliphatic carbocycles. The summed E-state index contributed by atoms with van der Waals surface area (Å²) >= 11 is 0. The summed E-state index contributed by atoms with van der Waals surface area (Å²) in [5.74, 6) is 1.92. The van der Waals surface area contributed by atoms with Gasteiger partial charge in [-0.3, -0.25) is 4.79 Å². The SMILES string of the molecule is Cc1nc(NC(C)(C)C)cc(C(=O)N2CCCC(C)C2)n1. The molecule has 5 heteroatoms. The van der Waals surface area contributed by atoms with E-state index in [0.717, 1.165) is 19.5 Å². The van der Waals surface area contributed by atoms with Crippen LogP contribution in [0.5, 0.6) is 0 Å². The summed E-state index contributed by atoms with van der Waals surface area (Å²) in [7, 11) is 0. The summed E-state index contributed by atoms with van der Waals surface area (Å²) in [4.78, 5) is 23.2. The molecule has 5 nitrogen and oxygen atoms in total. The first-order valence-corrected chi connectivity index (χ1v) is 7.68. The third kappa shape index (κ3) is 4.41. The first-order valence-electron chi connectivity index (χ1n) is 7.68. The van der Waals surface area contributed by atoms with Crippen LogP contribution in [0.15, 0.2) is 6.07 Å². The van der Waals surface area contributed by atoms with E-state index in [-0.39, 0.29) is 11.4 Å². The van der Waals surface area contributed by atoms with E-state index >= 15 is 0 Å². The molecule has 21 heavy (non-hydrogen) atoms. The average Bonchev–Trinajstić information content (AvgIpc) is 2.35. The fourth-order valence-electron chi connectivity index (χ4n) is 2.66. The Morgan fingerprint density at radius 3 is 2.71 bits per heavy atom. The minimum absolute atomic E-state index is 0.0176. The van der Waals surface area contributed by atoms with E-state index < -0.39 is 0 Å². The Morgan fingerprint density at radius 1 is 1.38 bits per heavy atom. The molecular formula is C16H26N4O. The van der Waals surface area contributed by atoms with Gasteiger partial charge < -0.3 is 10.2 Å². The van der Waals surface area contributed by atoms with Crippen molar-refractivity contribution in [2.24, 2.45) is 5.92 Å². The monoisotopic (exact) mass is 290 g/mol. The van der Waals surface area contributed by atoms with Crippen molar-refractivity contribution < 1.29 is 4.79 Å². The molecule has 1 aromatic rings. The highest BCUT2D eigenvalue weighted by Crippen LogP contribution is 2.19. The van der Waals surface area contributed by atoms with Gasteiger partial charge in [-0.15, -0.1) is 0 Å². The van der Waals surface area contributed by atoms with Crippen molar-refractivity contribution in [2.45, 2.75) is 53.0 Å². The number of nitrogens with zero attached hydrogens (tertiary/aromatic N) is 3. The lowest BCUT2D eigenvalue weighted by Crippen LogP contribution is -2.39. The van der Waals surface area contributed by atoms with Crippen LogP contribution in [0.25, 0.3) is 0 Å². The van der Waals surface area contributed by atoms with Crippen molar-refractivity contribution in [3.8, 4) is 0 Å². The number of hydrogen-bond acceptors (Lipinski definition) is 4. The Hall–Kier alpha value is -1.65. The van der Waals surface area contributed by atoms with Crippen molar-refractivity contribution in [1.29, 1.82) is 0 Å². The summed E-state index contributed by atoms with van der Waals surface area (Å²) in [6, 6.07) is 1.76. The average molecular weight is 290 g/mol. The lowest BCUT2D eigenvalue weighted by molar-refractivity contribution is 0.0676. The van der Waals surface area contributed by atoms with Crippen LogP contribution in [0.1, 0.15) is 56.8 Å². The molecular weight excluding hydrogens is 264 g/mol. The number of carbonyl (C=O) groups is 1. The van der Waals surface area contributed by atoms with Crippen LogP contribution in [0.3, 0.4) is 0 Å². The Kier molecular flexibility index (Phi) is 4.49. The van der Waals surface area contributed by atoms with E-state index in [1.54, 1.807) is 6.07 Å². The van der Waals surface area contributed by atoms with Gasteiger partial charge >= 0.3 is 0 Å². The molecule has 0 saturated carbocycles. The maximum Gasteiger partial charge on any atom is 0.272 e. The van der Waals surface area contributed by atoms with Crippen LogP contribution >= 0.6 is 0 Å². The van der Waals surface area contributed by atoms with Crippen molar-refractivity contribution in [1.82, 2.24) is 14.9 Å². The van der Waals surface area contributed by atoms with Crippen molar-refractivity contribution in [3.63, 3.8) is 0 Å². The Bertz CT molecular complexity index is 521. The zero-order valence-corrected chi connectivity index (χ0v) is 13.7. The number of aromatic nitrogens is 2. The summed E-state index contributed by atoms with van der Waals surface area (Å²) in [5.41, 5.74) is 0.393. The van der Waals surface area contributed by atoms with E-state index in [2.05, 4.69) is 43.0 Å². The van der Waals surface area contributed by atoms with Gasteiger partial charge in [-0.1, -0.05) is 6.92 Å². The second-order valence-corrected chi connectivity index (χ2v) is 7.06. The number of likely N-dealkylation sites (tertiary alicyclic amines) is 1. The van der Waals surface area contributed by atoms with Crippen LogP contribution in [-0.2, 0) is 0 Å². The Balaban J connectivity index is 2.20. The number of aryl methyl sites for hydroxylation is 1. The number of amides is 1. The maximum absolute atomic E-state index is 12.6. The van der Waals surface area contributed by atoms with E-state index in [0.29, 0.717) is 23.3 Å². The van der Waals surface area contributed by atoms with Crippen LogP contribution in [0.2, 0.25) is 0 Å². The van der Waals surface area contributed by atoms with Crippen molar-refractivity contribution in [2.75, 3.05) is 18.4 Å². The second kappa shape index (κ2) is 6.00. The molecule has 1 aromatic heterocycles. The molecule has 0 aromatic carbocycles. The minimum Gasteiger partial charge on any atom is -0.365 e. The molecule has 1 fully saturated rings. The molecule has 0 spiro atoms. The normalized spacial score (nSPS) is 19.5. The zero-order valence-electron chi connectivity index (χ0n) is 13.7.